The lowest BCUT2D eigenvalue weighted by Gasteiger charge is -2.01. The Bertz CT molecular complexity index is 2750. The van der Waals surface area contributed by atoms with E-state index in [-0.39, 0.29) is 5.69 Å². The van der Waals surface area contributed by atoms with Crippen molar-refractivity contribution < 1.29 is 19.9 Å². The quantitative estimate of drug-likeness (QED) is 0.109. The van der Waals surface area contributed by atoms with E-state index in [1.807, 2.05) is 78.9 Å². The van der Waals surface area contributed by atoms with E-state index in [2.05, 4.69) is 87.7 Å². The van der Waals surface area contributed by atoms with Gasteiger partial charge in [0, 0.05) is 53.3 Å². The number of aromatic nitrogens is 8. The molecule has 0 amide bonds. The molecule has 0 aliphatic heterocycles. The van der Waals surface area contributed by atoms with E-state index in [1.165, 1.54) is 43.5 Å². The minimum atomic E-state index is -1.43. The van der Waals surface area contributed by atoms with Crippen LogP contribution in [0.15, 0.2) is 160 Å². The fourth-order valence-corrected chi connectivity index (χ4v) is 6.52. The van der Waals surface area contributed by atoms with E-state index < -0.39 is 13.1 Å². The van der Waals surface area contributed by atoms with E-state index in [0.29, 0.717) is 37.3 Å². The molecule has 21 heteroatoms. The van der Waals surface area contributed by atoms with Crippen molar-refractivity contribution >= 4 is 113 Å². The van der Waals surface area contributed by atoms with Gasteiger partial charge in [-0.3, -0.25) is 0 Å². The standard InChI is InChI=1S/C11H6BrN3.C11H7BrN2O2.C10H6BrClN2.C6H6BClO2.C4H2Cl2N2/c12-9-3-1-2-8(4-9)11-5-10(6-13)14-7-15-11;12-8-3-1-2-7(4-8)9-5-10(11(15)16)14-6-13-9;11-8-3-1-2-7(4-8)9-5-10(12)14-6-13-9;8-6-3-1-2-5(4-6)7(9)10;5-3-1-4(6)8-2-7-3/h1-5,7H;1-6H,(H,15,16);1-6H;1-4,9-10H;1-2H. The highest BCUT2D eigenvalue weighted by Crippen LogP contribution is 2.24. The third-order valence-electron chi connectivity index (χ3n) is 7.41. The van der Waals surface area contributed by atoms with Crippen molar-refractivity contribution in [2.45, 2.75) is 0 Å². The van der Waals surface area contributed by atoms with Gasteiger partial charge in [0.2, 0.25) is 0 Å². The van der Waals surface area contributed by atoms with Gasteiger partial charge in [-0.2, -0.15) is 5.26 Å². The van der Waals surface area contributed by atoms with Crippen molar-refractivity contribution in [2.75, 3.05) is 0 Å². The minimum Gasteiger partial charge on any atom is -0.477 e. The second-order valence-corrected chi connectivity index (χ2v) is 16.2. The number of carboxylic acid groups (broad SMARTS) is 1. The highest BCUT2D eigenvalue weighted by Gasteiger charge is 2.10. The van der Waals surface area contributed by atoms with Crippen LogP contribution in [0.5, 0.6) is 0 Å². The highest BCUT2D eigenvalue weighted by molar-refractivity contribution is 9.11. The summed E-state index contributed by atoms with van der Waals surface area (Å²) in [5.74, 6) is -1.06. The molecule has 3 N–H and O–H groups in total. The predicted molar refractivity (Wildman–Crippen MR) is 256 cm³/mol. The molecular weight excluding hydrogens is 1090 g/mol. The number of hydrogen-bond acceptors (Lipinski definition) is 12. The second-order valence-electron chi connectivity index (χ2n) is 11.8. The number of nitrogens with zero attached hydrogens (tertiary/aromatic N) is 9. The number of benzene rings is 4. The largest absolute Gasteiger partial charge is 0.488 e. The number of halogens is 7. The third-order valence-corrected chi connectivity index (χ3v) is 9.74. The molecule has 0 atom stereocenters. The van der Waals surface area contributed by atoms with Crippen molar-refractivity contribution in [1.29, 1.82) is 5.26 Å². The lowest BCUT2D eigenvalue weighted by molar-refractivity contribution is 0.0690. The Kier molecular flexibility index (Phi) is 21.1. The van der Waals surface area contributed by atoms with Gasteiger partial charge in [-0.05, 0) is 60.1 Å². The number of carboxylic acids is 1. The monoisotopic (exact) mass is 1110 g/mol. The molecule has 0 aliphatic rings. The van der Waals surface area contributed by atoms with Crippen LogP contribution < -0.4 is 5.46 Å². The van der Waals surface area contributed by atoms with Gasteiger partial charge in [-0.25, -0.2) is 44.7 Å². The van der Waals surface area contributed by atoms with Crippen molar-refractivity contribution in [3.8, 4) is 39.8 Å². The number of rotatable bonds is 5. The zero-order valence-electron chi connectivity index (χ0n) is 31.9. The number of aromatic carboxylic acids is 1. The molecule has 316 valence electrons. The van der Waals surface area contributed by atoms with Crippen molar-refractivity contribution in [3.63, 3.8) is 0 Å². The van der Waals surface area contributed by atoms with Crippen LogP contribution in [0.1, 0.15) is 16.2 Å². The first-order valence-corrected chi connectivity index (χ1v) is 21.4. The van der Waals surface area contributed by atoms with Crippen LogP contribution in [-0.4, -0.2) is 68.1 Å². The summed E-state index contributed by atoms with van der Waals surface area (Å²) in [6.07, 6.45) is 5.41. The van der Waals surface area contributed by atoms with E-state index in [4.69, 9.17) is 66.8 Å². The molecule has 13 nitrogen and oxygen atoms in total. The van der Waals surface area contributed by atoms with Crippen LogP contribution in [0, 0.1) is 11.3 Å². The summed E-state index contributed by atoms with van der Waals surface area (Å²) in [7, 11) is -1.43. The lowest BCUT2D eigenvalue weighted by Crippen LogP contribution is -2.29. The van der Waals surface area contributed by atoms with Crippen LogP contribution in [0.4, 0.5) is 0 Å². The summed E-state index contributed by atoms with van der Waals surface area (Å²) in [4.78, 5) is 41.6. The Balaban J connectivity index is 0.000000176. The van der Waals surface area contributed by atoms with Crippen LogP contribution in [0.3, 0.4) is 0 Å². The smallest absolute Gasteiger partial charge is 0.477 e. The average molecular weight is 1110 g/mol. The van der Waals surface area contributed by atoms with Gasteiger partial charge in [0.15, 0.2) is 5.69 Å². The predicted octanol–water partition coefficient (Wildman–Crippen LogP) is 10.7. The summed E-state index contributed by atoms with van der Waals surface area (Å²) in [5.41, 5.74) is 5.77. The molecule has 4 heterocycles. The van der Waals surface area contributed by atoms with E-state index in [0.717, 1.165) is 41.5 Å². The summed E-state index contributed by atoms with van der Waals surface area (Å²) >= 11 is 32.3. The molecule has 8 aromatic rings. The third kappa shape index (κ3) is 18.2. The molecule has 63 heavy (non-hydrogen) atoms. The lowest BCUT2D eigenvalue weighted by atomic mass is 9.81. The van der Waals surface area contributed by atoms with Gasteiger partial charge in [0.05, 0.1) is 17.1 Å². The van der Waals surface area contributed by atoms with Crippen molar-refractivity contribution in [2.24, 2.45) is 0 Å². The molecule has 0 unspecified atom stereocenters. The van der Waals surface area contributed by atoms with Crippen LogP contribution in [0.25, 0.3) is 33.8 Å². The maximum Gasteiger partial charge on any atom is 0.488 e. The summed E-state index contributed by atoms with van der Waals surface area (Å²) in [6, 6.07) is 37.9. The molecule has 0 bridgehead atoms. The van der Waals surface area contributed by atoms with Crippen molar-refractivity contribution in [1.82, 2.24) is 39.9 Å². The van der Waals surface area contributed by atoms with Gasteiger partial charge >= 0.3 is 13.1 Å². The first-order valence-electron chi connectivity index (χ1n) is 17.5. The van der Waals surface area contributed by atoms with Crippen LogP contribution >= 0.6 is 94.2 Å². The molecule has 0 aliphatic carbocycles. The first-order chi connectivity index (χ1) is 30.2. The fraction of sp³-hybridized carbons (Fsp3) is 0. The normalized spacial score (nSPS) is 9.78. The molecule has 0 saturated carbocycles. The van der Waals surface area contributed by atoms with E-state index in [1.54, 1.807) is 30.3 Å². The van der Waals surface area contributed by atoms with Crippen LogP contribution in [0.2, 0.25) is 20.5 Å². The number of nitriles is 1. The topological polar surface area (TPSA) is 205 Å². The first kappa shape index (κ1) is 50.4. The van der Waals surface area contributed by atoms with Crippen molar-refractivity contribution in [3.05, 3.63) is 192 Å². The molecule has 8 rings (SSSR count). The van der Waals surface area contributed by atoms with Crippen LogP contribution in [-0.2, 0) is 0 Å². The Morgan fingerprint density at radius 1 is 0.524 bits per heavy atom. The zero-order chi connectivity index (χ0) is 45.7. The molecule has 4 aromatic heterocycles. The summed E-state index contributed by atoms with van der Waals surface area (Å²) in [6.45, 7) is 0. The minimum absolute atomic E-state index is 0.00928. The highest BCUT2D eigenvalue weighted by atomic mass is 79.9. The molecule has 0 spiro atoms. The molecule has 0 saturated heterocycles. The molecular formula is C42H27BBr3Cl4N9O4. The Morgan fingerprint density at radius 2 is 0.952 bits per heavy atom. The number of carbonyl (C=O) groups is 1. The van der Waals surface area contributed by atoms with Gasteiger partial charge in [-0.1, -0.05) is 143 Å². The van der Waals surface area contributed by atoms with E-state index in [9.17, 15) is 4.79 Å². The SMILES string of the molecule is Clc1cc(-c2cccc(Br)c2)ncn1.Clc1cc(Cl)ncn1.N#Cc1cc(-c2cccc(Br)c2)ncn1.O=C(O)c1cc(-c2cccc(Br)c2)ncn1.OB(O)c1cccc(Cl)c1. The summed E-state index contributed by atoms with van der Waals surface area (Å²) < 4.78 is 2.92. The average Bonchev–Trinajstić information content (AvgIpc) is 3.27. The Morgan fingerprint density at radius 3 is 1.35 bits per heavy atom. The zero-order valence-corrected chi connectivity index (χ0v) is 39.6. The maximum absolute atomic E-state index is 10.8. The molecule has 0 fully saturated rings. The van der Waals surface area contributed by atoms with E-state index >= 15 is 0 Å². The molecule has 0 radical (unpaired) electrons. The van der Waals surface area contributed by atoms with Gasteiger partial charge in [0.25, 0.3) is 0 Å². The fourth-order valence-electron chi connectivity index (χ4n) is 4.62. The van der Waals surface area contributed by atoms with Gasteiger partial charge in [-0.15, -0.1) is 0 Å². The Labute approximate surface area is 406 Å². The molecule has 4 aromatic carbocycles. The van der Waals surface area contributed by atoms with Gasteiger partial charge in [0.1, 0.15) is 52.5 Å². The maximum atomic E-state index is 10.8. The summed E-state index contributed by atoms with van der Waals surface area (Å²) in [5, 5.41) is 36.5. The number of hydrogen-bond donors (Lipinski definition) is 3. The van der Waals surface area contributed by atoms with Gasteiger partial charge < -0.3 is 15.2 Å². The Hall–Kier alpha value is -5.26. The second kappa shape index (κ2) is 26.4.